The first-order valence-corrected chi connectivity index (χ1v) is 7.16. The van der Waals surface area contributed by atoms with Crippen LogP contribution in [-0.2, 0) is 0 Å². The van der Waals surface area contributed by atoms with Crippen LogP contribution >= 0.6 is 0 Å². The minimum Gasteiger partial charge on any atom is -0.493 e. The summed E-state index contributed by atoms with van der Waals surface area (Å²) in [6, 6.07) is 5.68. The van der Waals surface area contributed by atoms with Gasteiger partial charge in [0.2, 0.25) is 0 Å². The summed E-state index contributed by atoms with van der Waals surface area (Å²) in [6.07, 6.45) is 4.85. The minimum atomic E-state index is 0.0860. The van der Waals surface area contributed by atoms with E-state index in [9.17, 15) is 0 Å². The molecule has 1 aromatic rings. The quantitative estimate of drug-likeness (QED) is 0.552. The van der Waals surface area contributed by atoms with E-state index in [-0.39, 0.29) is 5.84 Å². The van der Waals surface area contributed by atoms with E-state index < -0.39 is 0 Å². The first-order chi connectivity index (χ1) is 9.08. The van der Waals surface area contributed by atoms with Gasteiger partial charge in [0, 0.05) is 5.56 Å². The Bertz CT molecular complexity index is 415. The van der Waals surface area contributed by atoms with Crippen molar-refractivity contribution >= 4 is 5.84 Å². The van der Waals surface area contributed by atoms with Gasteiger partial charge in [-0.2, -0.15) is 0 Å². The van der Waals surface area contributed by atoms with Crippen LogP contribution in [-0.4, -0.2) is 12.4 Å². The van der Waals surface area contributed by atoms with Gasteiger partial charge < -0.3 is 10.5 Å². The van der Waals surface area contributed by atoms with Crippen molar-refractivity contribution in [2.75, 3.05) is 6.61 Å². The SMILES string of the molecule is CCCCC(CC)COc1cc(C(=N)N)ccc1C. The van der Waals surface area contributed by atoms with E-state index in [0.717, 1.165) is 29.9 Å². The summed E-state index contributed by atoms with van der Waals surface area (Å²) in [5, 5.41) is 7.47. The molecule has 0 aliphatic carbocycles. The highest BCUT2D eigenvalue weighted by molar-refractivity contribution is 5.95. The Balaban J connectivity index is 2.65. The molecule has 0 saturated carbocycles. The Morgan fingerprint density at radius 1 is 1.37 bits per heavy atom. The number of unbranched alkanes of at least 4 members (excludes halogenated alkanes) is 1. The molecule has 0 fully saturated rings. The number of amidine groups is 1. The third-order valence-corrected chi connectivity index (χ3v) is 3.52. The van der Waals surface area contributed by atoms with E-state index >= 15 is 0 Å². The molecule has 0 aromatic heterocycles. The Morgan fingerprint density at radius 3 is 2.68 bits per heavy atom. The summed E-state index contributed by atoms with van der Waals surface area (Å²) < 4.78 is 5.93. The van der Waals surface area contributed by atoms with Crippen LogP contribution in [0.25, 0.3) is 0 Å². The zero-order chi connectivity index (χ0) is 14.3. The molecule has 1 rings (SSSR count). The number of nitrogens with two attached hydrogens (primary N) is 1. The molecule has 3 N–H and O–H groups in total. The largest absolute Gasteiger partial charge is 0.493 e. The third kappa shape index (κ3) is 4.93. The van der Waals surface area contributed by atoms with Gasteiger partial charge in [-0.05, 0) is 30.9 Å². The van der Waals surface area contributed by atoms with Crippen molar-refractivity contribution in [3.8, 4) is 5.75 Å². The molecule has 0 bridgehead atoms. The molecule has 1 aromatic carbocycles. The van der Waals surface area contributed by atoms with Crippen molar-refractivity contribution < 1.29 is 4.74 Å². The van der Waals surface area contributed by atoms with Gasteiger partial charge in [0.05, 0.1) is 6.61 Å². The van der Waals surface area contributed by atoms with Gasteiger partial charge in [0.25, 0.3) is 0 Å². The zero-order valence-corrected chi connectivity index (χ0v) is 12.3. The smallest absolute Gasteiger partial charge is 0.122 e. The number of ether oxygens (including phenoxy) is 1. The van der Waals surface area contributed by atoms with E-state index in [2.05, 4.69) is 13.8 Å². The maximum Gasteiger partial charge on any atom is 0.122 e. The van der Waals surface area contributed by atoms with Gasteiger partial charge in [0.15, 0.2) is 0 Å². The van der Waals surface area contributed by atoms with Crippen molar-refractivity contribution in [1.29, 1.82) is 5.41 Å². The molecule has 1 atom stereocenters. The topological polar surface area (TPSA) is 59.1 Å². The first-order valence-electron chi connectivity index (χ1n) is 7.16. The molecule has 0 amide bonds. The lowest BCUT2D eigenvalue weighted by Gasteiger charge is -2.17. The van der Waals surface area contributed by atoms with Crippen molar-refractivity contribution in [3.63, 3.8) is 0 Å². The van der Waals surface area contributed by atoms with E-state index in [4.69, 9.17) is 15.9 Å². The van der Waals surface area contributed by atoms with Gasteiger partial charge >= 0.3 is 0 Å². The van der Waals surface area contributed by atoms with Gasteiger partial charge in [-0.25, -0.2) is 0 Å². The zero-order valence-electron chi connectivity index (χ0n) is 12.3. The van der Waals surface area contributed by atoms with Crippen LogP contribution in [0.1, 0.15) is 50.7 Å². The Kier molecular flexibility index (Phi) is 6.40. The van der Waals surface area contributed by atoms with Gasteiger partial charge in [-0.3, -0.25) is 5.41 Å². The molecule has 1 unspecified atom stereocenters. The molecule has 0 aliphatic heterocycles. The second-order valence-electron chi connectivity index (χ2n) is 5.12. The average Bonchev–Trinajstić information content (AvgIpc) is 2.40. The van der Waals surface area contributed by atoms with Crippen molar-refractivity contribution in [2.24, 2.45) is 11.7 Å². The summed E-state index contributed by atoms with van der Waals surface area (Å²) >= 11 is 0. The lowest BCUT2D eigenvalue weighted by Crippen LogP contribution is -2.14. The molecule has 0 radical (unpaired) electrons. The lowest BCUT2D eigenvalue weighted by atomic mass is 10.0. The second-order valence-corrected chi connectivity index (χ2v) is 5.12. The molecular formula is C16H26N2O. The maximum absolute atomic E-state index is 7.47. The standard InChI is InChI=1S/C16H26N2O/c1-4-6-7-13(5-2)11-19-15-10-14(16(17)18)9-8-12(15)3/h8-10,13H,4-7,11H2,1-3H3,(H3,17,18). The average molecular weight is 262 g/mol. The summed E-state index contributed by atoms with van der Waals surface area (Å²) in [5.41, 5.74) is 7.33. The molecule has 3 nitrogen and oxygen atoms in total. The van der Waals surface area contributed by atoms with Gasteiger partial charge in [-0.1, -0.05) is 45.2 Å². The molecule has 0 heterocycles. The molecule has 0 spiro atoms. The molecule has 3 heteroatoms. The monoisotopic (exact) mass is 262 g/mol. The predicted octanol–water partition coefficient (Wildman–Crippen LogP) is 3.87. The summed E-state index contributed by atoms with van der Waals surface area (Å²) in [5.74, 6) is 1.55. The summed E-state index contributed by atoms with van der Waals surface area (Å²) in [6.45, 7) is 7.20. The van der Waals surface area contributed by atoms with E-state index in [1.807, 2.05) is 25.1 Å². The fourth-order valence-electron chi connectivity index (χ4n) is 2.03. The Labute approximate surface area is 116 Å². The van der Waals surface area contributed by atoms with Gasteiger partial charge in [0.1, 0.15) is 11.6 Å². The van der Waals surface area contributed by atoms with Crippen molar-refractivity contribution in [2.45, 2.75) is 46.5 Å². The Morgan fingerprint density at radius 2 is 2.11 bits per heavy atom. The highest BCUT2D eigenvalue weighted by Crippen LogP contribution is 2.22. The first kappa shape index (κ1) is 15.5. The number of hydrogen-bond acceptors (Lipinski definition) is 2. The highest BCUT2D eigenvalue weighted by Gasteiger charge is 2.09. The van der Waals surface area contributed by atoms with Crippen LogP contribution in [0.5, 0.6) is 5.75 Å². The van der Waals surface area contributed by atoms with Crippen molar-refractivity contribution in [1.82, 2.24) is 0 Å². The Hall–Kier alpha value is -1.51. The number of aryl methyl sites for hydroxylation is 1. The second kappa shape index (κ2) is 7.82. The summed E-state index contributed by atoms with van der Waals surface area (Å²) in [4.78, 5) is 0. The fraction of sp³-hybridized carbons (Fsp3) is 0.562. The molecule has 106 valence electrons. The van der Waals surface area contributed by atoms with Crippen LogP contribution in [0.4, 0.5) is 0 Å². The fourth-order valence-corrected chi connectivity index (χ4v) is 2.03. The van der Waals surface area contributed by atoms with E-state index in [1.54, 1.807) is 0 Å². The highest BCUT2D eigenvalue weighted by atomic mass is 16.5. The van der Waals surface area contributed by atoms with E-state index in [0.29, 0.717) is 5.92 Å². The number of nitrogen functional groups attached to an aromatic ring is 1. The number of nitrogens with one attached hydrogen (secondary N) is 1. The van der Waals surface area contributed by atoms with Crippen LogP contribution in [0.15, 0.2) is 18.2 Å². The molecular weight excluding hydrogens is 236 g/mol. The third-order valence-electron chi connectivity index (χ3n) is 3.52. The van der Waals surface area contributed by atoms with Crippen LogP contribution in [0, 0.1) is 18.3 Å². The van der Waals surface area contributed by atoms with Crippen LogP contribution in [0.2, 0.25) is 0 Å². The van der Waals surface area contributed by atoms with Crippen LogP contribution < -0.4 is 10.5 Å². The molecule has 0 aliphatic rings. The molecule has 0 saturated heterocycles. The van der Waals surface area contributed by atoms with Crippen LogP contribution in [0.3, 0.4) is 0 Å². The van der Waals surface area contributed by atoms with Crippen molar-refractivity contribution in [3.05, 3.63) is 29.3 Å². The number of benzene rings is 1. The number of rotatable bonds is 8. The maximum atomic E-state index is 7.47. The van der Waals surface area contributed by atoms with Gasteiger partial charge in [-0.15, -0.1) is 0 Å². The van der Waals surface area contributed by atoms with E-state index in [1.165, 1.54) is 19.3 Å². The number of hydrogen-bond donors (Lipinski definition) is 2. The normalized spacial score (nSPS) is 12.2. The predicted molar refractivity (Wildman–Crippen MR) is 81.0 cm³/mol. The minimum absolute atomic E-state index is 0.0860. The molecule has 19 heavy (non-hydrogen) atoms. The summed E-state index contributed by atoms with van der Waals surface area (Å²) in [7, 11) is 0. The lowest BCUT2D eigenvalue weighted by molar-refractivity contribution is 0.232.